The van der Waals surface area contributed by atoms with Gasteiger partial charge in [-0.3, -0.25) is 4.98 Å². The minimum Gasteiger partial charge on any atom is -0.368 e. The van der Waals surface area contributed by atoms with E-state index in [0.29, 0.717) is 6.04 Å². The van der Waals surface area contributed by atoms with E-state index in [9.17, 15) is 0 Å². The molecule has 4 rings (SSSR count). The summed E-state index contributed by atoms with van der Waals surface area (Å²) in [5, 5.41) is 4.62. The van der Waals surface area contributed by atoms with Crippen molar-refractivity contribution in [1.82, 2.24) is 24.5 Å². The number of allylic oxidation sites excluding steroid dienone is 1. The fourth-order valence-corrected chi connectivity index (χ4v) is 3.30. The second-order valence-electron chi connectivity index (χ2n) is 6.93. The first kappa shape index (κ1) is 16.2. The molecule has 0 radical (unpaired) electrons. The van der Waals surface area contributed by atoms with Crippen LogP contribution in [0.15, 0.2) is 23.0 Å². The quantitative estimate of drug-likeness (QED) is 0.856. The smallest absolute Gasteiger partial charge is 0.177 e. The molecule has 2 atom stereocenters. The minimum absolute atomic E-state index is 0.106. The molecule has 7 nitrogen and oxygen atoms in total. The number of aryl methyl sites for hydroxylation is 3. The van der Waals surface area contributed by atoms with Crippen LogP contribution in [0.3, 0.4) is 0 Å². The van der Waals surface area contributed by atoms with Crippen LogP contribution in [0, 0.1) is 13.8 Å². The van der Waals surface area contributed by atoms with Gasteiger partial charge >= 0.3 is 0 Å². The Kier molecular flexibility index (Phi) is 4.03. The van der Waals surface area contributed by atoms with Gasteiger partial charge in [-0.05, 0) is 27.2 Å². The average molecular weight is 340 g/mol. The molecule has 2 aliphatic heterocycles. The highest BCUT2D eigenvalue weighted by Gasteiger charge is 2.31. The lowest BCUT2D eigenvalue weighted by atomic mass is 10.1. The van der Waals surface area contributed by atoms with Crippen LogP contribution in [0.4, 0.5) is 0 Å². The summed E-state index contributed by atoms with van der Waals surface area (Å²) in [6.07, 6.45) is 6.62. The number of hydrogen-bond acceptors (Lipinski definition) is 6. The van der Waals surface area contributed by atoms with E-state index < -0.39 is 0 Å². The van der Waals surface area contributed by atoms with Crippen LogP contribution in [-0.2, 0) is 11.2 Å². The second-order valence-corrected chi connectivity index (χ2v) is 6.93. The van der Waals surface area contributed by atoms with Crippen molar-refractivity contribution < 1.29 is 4.74 Å². The number of rotatable bonds is 3. The van der Waals surface area contributed by atoms with E-state index in [2.05, 4.69) is 40.0 Å². The number of amidine groups is 1. The fraction of sp³-hybridized carbons (Fsp3) is 0.556. The maximum Gasteiger partial charge on any atom is 0.177 e. The summed E-state index contributed by atoms with van der Waals surface area (Å²) in [5.41, 5.74) is 3.84. The standard InChI is InChI=1S/C18H24N6O/c1-11-9-19-13(3)17-21-16(22-24(11)17)8-6-14-5-7-15-18(20-14)23(4)12(2)10-25-15/h5,9,12,15H,6-8,10H2,1-4H3. The number of fused-ring (bicyclic) bond motifs is 2. The van der Waals surface area contributed by atoms with Crippen LogP contribution < -0.4 is 0 Å². The number of ether oxygens (including phenoxy) is 1. The third kappa shape index (κ3) is 2.93. The number of hydrogen-bond donors (Lipinski definition) is 0. The number of likely N-dealkylation sites (N-methyl/N-ethyl adjacent to an activating group) is 1. The Morgan fingerprint density at radius 1 is 1.28 bits per heavy atom. The molecule has 2 aromatic rings. The summed E-state index contributed by atoms with van der Waals surface area (Å²) in [5.74, 6) is 1.89. The number of nitrogens with zero attached hydrogens (tertiary/aromatic N) is 6. The van der Waals surface area contributed by atoms with E-state index in [1.807, 2.05) is 24.6 Å². The maximum absolute atomic E-state index is 5.89. The van der Waals surface area contributed by atoms with Crippen molar-refractivity contribution >= 4 is 11.5 Å². The van der Waals surface area contributed by atoms with Crippen LogP contribution in [0.1, 0.15) is 37.0 Å². The third-order valence-corrected chi connectivity index (χ3v) is 5.03. The lowest BCUT2D eigenvalue weighted by Gasteiger charge is -2.39. The fourth-order valence-electron chi connectivity index (χ4n) is 3.30. The molecule has 0 bridgehead atoms. The topological polar surface area (TPSA) is 67.9 Å². The minimum atomic E-state index is 0.106. The Hall–Kier alpha value is -2.28. The van der Waals surface area contributed by atoms with Gasteiger partial charge in [0, 0.05) is 31.8 Å². The van der Waals surface area contributed by atoms with E-state index in [0.717, 1.165) is 60.3 Å². The molecule has 2 aromatic heterocycles. The van der Waals surface area contributed by atoms with Crippen molar-refractivity contribution in [3.05, 3.63) is 35.2 Å². The monoisotopic (exact) mass is 340 g/mol. The van der Waals surface area contributed by atoms with E-state index in [1.165, 1.54) is 0 Å². The van der Waals surface area contributed by atoms with Crippen molar-refractivity contribution in [3.8, 4) is 0 Å². The summed E-state index contributed by atoms with van der Waals surface area (Å²) in [6.45, 7) is 6.88. The van der Waals surface area contributed by atoms with Crippen LogP contribution >= 0.6 is 0 Å². The third-order valence-electron chi connectivity index (χ3n) is 5.03. The molecular formula is C18H24N6O. The summed E-state index contributed by atoms with van der Waals surface area (Å²) in [7, 11) is 2.10. The first-order valence-corrected chi connectivity index (χ1v) is 8.83. The van der Waals surface area contributed by atoms with Crippen LogP contribution in [0.5, 0.6) is 0 Å². The van der Waals surface area contributed by atoms with Gasteiger partial charge in [0.05, 0.1) is 24.0 Å². The molecule has 1 fully saturated rings. The molecule has 0 aromatic carbocycles. The number of morpholine rings is 1. The number of aromatic nitrogens is 4. The van der Waals surface area contributed by atoms with Gasteiger partial charge in [0.15, 0.2) is 11.5 Å². The molecule has 1 saturated heterocycles. The predicted molar refractivity (Wildman–Crippen MR) is 95.7 cm³/mol. The molecule has 0 saturated carbocycles. The summed E-state index contributed by atoms with van der Waals surface area (Å²) < 4.78 is 7.76. The zero-order valence-corrected chi connectivity index (χ0v) is 15.2. The Balaban J connectivity index is 1.50. The molecule has 25 heavy (non-hydrogen) atoms. The molecule has 132 valence electrons. The van der Waals surface area contributed by atoms with E-state index in [1.54, 1.807) is 0 Å². The largest absolute Gasteiger partial charge is 0.368 e. The van der Waals surface area contributed by atoms with Gasteiger partial charge in [-0.25, -0.2) is 14.5 Å². The van der Waals surface area contributed by atoms with Gasteiger partial charge in [-0.1, -0.05) is 6.08 Å². The van der Waals surface area contributed by atoms with Crippen molar-refractivity contribution in [2.45, 2.75) is 52.2 Å². The van der Waals surface area contributed by atoms with Crippen LogP contribution in [-0.4, -0.2) is 56.1 Å². The lowest BCUT2D eigenvalue weighted by molar-refractivity contribution is 0.0293. The van der Waals surface area contributed by atoms with Gasteiger partial charge in [0.25, 0.3) is 0 Å². The van der Waals surface area contributed by atoms with Crippen LogP contribution in [0.2, 0.25) is 0 Å². The van der Waals surface area contributed by atoms with Gasteiger partial charge in [-0.2, -0.15) is 5.10 Å². The SMILES string of the molecule is Cc1ncc(C)n2nc(CCC3=CCC4OCC(C)N(C)C4=N3)nc12. The van der Waals surface area contributed by atoms with Crippen molar-refractivity contribution in [2.75, 3.05) is 13.7 Å². The Morgan fingerprint density at radius 3 is 2.92 bits per heavy atom. The molecule has 7 heteroatoms. The van der Waals surface area contributed by atoms with Gasteiger partial charge in [-0.15, -0.1) is 0 Å². The molecule has 0 aliphatic carbocycles. The van der Waals surface area contributed by atoms with E-state index in [-0.39, 0.29) is 6.10 Å². The first-order valence-electron chi connectivity index (χ1n) is 8.83. The normalized spacial score (nSPS) is 23.4. The number of aliphatic imine (C=N–C) groups is 1. The van der Waals surface area contributed by atoms with Gasteiger partial charge in [0.2, 0.25) is 0 Å². The second kappa shape index (κ2) is 6.22. The van der Waals surface area contributed by atoms with Crippen LogP contribution in [0.25, 0.3) is 5.65 Å². The highest BCUT2D eigenvalue weighted by molar-refractivity contribution is 5.89. The Labute approximate surface area is 147 Å². The van der Waals surface area contributed by atoms with E-state index >= 15 is 0 Å². The first-order chi connectivity index (χ1) is 12.0. The highest BCUT2D eigenvalue weighted by atomic mass is 16.5. The molecule has 2 aliphatic rings. The molecular weight excluding hydrogens is 316 g/mol. The molecule has 2 unspecified atom stereocenters. The molecule has 4 heterocycles. The van der Waals surface area contributed by atoms with Crippen molar-refractivity contribution in [1.29, 1.82) is 0 Å². The average Bonchev–Trinajstić information content (AvgIpc) is 3.05. The zero-order chi connectivity index (χ0) is 17.6. The molecule has 0 amide bonds. The van der Waals surface area contributed by atoms with Gasteiger partial charge < -0.3 is 9.64 Å². The molecule has 0 N–H and O–H groups in total. The summed E-state index contributed by atoms with van der Waals surface area (Å²) in [6, 6.07) is 0.368. The maximum atomic E-state index is 5.89. The molecule has 0 spiro atoms. The summed E-state index contributed by atoms with van der Waals surface area (Å²) >= 11 is 0. The predicted octanol–water partition coefficient (Wildman–Crippen LogP) is 2.08. The zero-order valence-electron chi connectivity index (χ0n) is 15.2. The van der Waals surface area contributed by atoms with Gasteiger partial charge in [0.1, 0.15) is 11.9 Å². The lowest BCUT2D eigenvalue weighted by Crippen LogP contribution is -2.51. The van der Waals surface area contributed by atoms with E-state index in [4.69, 9.17) is 9.73 Å². The van der Waals surface area contributed by atoms with Crippen molar-refractivity contribution in [3.63, 3.8) is 0 Å². The summed E-state index contributed by atoms with van der Waals surface area (Å²) in [4.78, 5) is 16.1. The Morgan fingerprint density at radius 2 is 2.12 bits per heavy atom. The highest BCUT2D eigenvalue weighted by Crippen LogP contribution is 2.24. The van der Waals surface area contributed by atoms with Crippen molar-refractivity contribution in [2.24, 2.45) is 4.99 Å². The Bertz CT molecular complexity index is 829.